The van der Waals surface area contributed by atoms with Gasteiger partial charge in [-0.2, -0.15) is 0 Å². The fourth-order valence-electron chi connectivity index (χ4n) is 3.29. The number of carbonyl (C=O) groups is 3. The van der Waals surface area contributed by atoms with Crippen molar-refractivity contribution in [1.29, 1.82) is 0 Å². The summed E-state index contributed by atoms with van der Waals surface area (Å²) in [6, 6.07) is 3.86. The van der Waals surface area contributed by atoms with Crippen LogP contribution in [0.25, 0.3) is 0 Å². The van der Waals surface area contributed by atoms with Crippen molar-refractivity contribution in [2.75, 3.05) is 6.61 Å². The number of piperidine rings is 2. The predicted octanol–water partition coefficient (Wildman–Crippen LogP) is 0.859. The molecule has 3 N–H and O–H groups in total. The number of halogens is 2. The molecule has 2 aliphatic heterocycles. The SMILES string of the molecule is O=CNC12CCC(NC(=O)COc3ccc(Cl)c(F)c3)(CC1)C(=O)N2. The summed E-state index contributed by atoms with van der Waals surface area (Å²) in [6.45, 7) is -0.353. The lowest BCUT2D eigenvalue weighted by Crippen LogP contribution is -2.76. The Kier molecular flexibility index (Phi) is 4.55. The lowest BCUT2D eigenvalue weighted by atomic mass is 9.71. The normalized spacial score (nSPS) is 27.4. The molecular formula is C16H17ClFN3O4. The molecule has 2 bridgehead atoms. The van der Waals surface area contributed by atoms with Gasteiger partial charge in [-0.25, -0.2) is 4.39 Å². The van der Waals surface area contributed by atoms with Crippen molar-refractivity contribution < 1.29 is 23.5 Å². The maximum Gasteiger partial charge on any atom is 0.258 e. The summed E-state index contributed by atoms with van der Waals surface area (Å²) in [6.07, 6.45) is 2.46. The topological polar surface area (TPSA) is 96.5 Å². The van der Waals surface area contributed by atoms with Gasteiger partial charge in [-0.05, 0) is 37.8 Å². The van der Waals surface area contributed by atoms with E-state index >= 15 is 0 Å². The van der Waals surface area contributed by atoms with Gasteiger partial charge in [-0.1, -0.05) is 11.6 Å². The molecule has 1 aliphatic carbocycles. The van der Waals surface area contributed by atoms with Gasteiger partial charge in [0.05, 0.1) is 5.02 Å². The smallest absolute Gasteiger partial charge is 0.258 e. The van der Waals surface area contributed by atoms with Gasteiger partial charge in [0.25, 0.3) is 5.91 Å². The molecule has 3 fully saturated rings. The molecule has 2 heterocycles. The van der Waals surface area contributed by atoms with E-state index < -0.39 is 22.9 Å². The van der Waals surface area contributed by atoms with E-state index in [1.165, 1.54) is 12.1 Å². The van der Waals surface area contributed by atoms with Crippen molar-refractivity contribution in [2.24, 2.45) is 0 Å². The first-order valence-electron chi connectivity index (χ1n) is 7.81. The van der Waals surface area contributed by atoms with E-state index in [0.29, 0.717) is 32.1 Å². The number of ether oxygens (including phenoxy) is 1. The Bertz CT molecular complexity index is 719. The van der Waals surface area contributed by atoms with E-state index in [0.717, 1.165) is 6.07 Å². The number of rotatable bonds is 6. The van der Waals surface area contributed by atoms with Gasteiger partial charge in [0.1, 0.15) is 22.8 Å². The van der Waals surface area contributed by atoms with Crippen LogP contribution in [0.15, 0.2) is 18.2 Å². The van der Waals surface area contributed by atoms with Crippen LogP contribution >= 0.6 is 11.6 Å². The minimum absolute atomic E-state index is 0.0378. The Morgan fingerprint density at radius 3 is 2.68 bits per heavy atom. The second-order valence-corrected chi connectivity index (χ2v) is 6.70. The highest BCUT2D eigenvalue weighted by Crippen LogP contribution is 2.38. The number of nitrogens with one attached hydrogen (secondary N) is 3. The number of carbonyl (C=O) groups excluding carboxylic acids is 3. The summed E-state index contributed by atoms with van der Waals surface area (Å²) in [4.78, 5) is 35.2. The maximum atomic E-state index is 13.4. The second kappa shape index (κ2) is 6.51. The number of amides is 3. The van der Waals surface area contributed by atoms with Crippen LogP contribution in [0.4, 0.5) is 4.39 Å². The predicted molar refractivity (Wildman–Crippen MR) is 86.3 cm³/mol. The van der Waals surface area contributed by atoms with Crippen molar-refractivity contribution in [2.45, 2.75) is 36.9 Å². The summed E-state index contributed by atoms with van der Waals surface area (Å²) in [7, 11) is 0. The maximum absolute atomic E-state index is 13.4. The summed E-state index contributed by atoms with van der Waals surface area (Å²) in [5.74, 6) is -1.29. The summed E-state index contributed by atoms with van der Waals surface area (Å²) < 4.78 is 18.6. The van der Waals surface area contributed by atoms with E-state index in [1.54, 1.807) is 0 Å². The molecule has 0 atom stereocenters. The molecule has 1 aromatic rings. The van der Waals surface area contributed by atoms with Gasteiger partial charge >= 0.3 is 0 Å². The standard InChI is InChI=1S/C16H17ClFN3O4/c17-11-2-1-10(7-12(11)18)25-8-13(23)20-15-3-5-16(6-4-15,19-9-22)21-14(15)24/h1-2,7,9H,3-6,8H2,(H,19,22)(H,20,23)(H,21,24). The monoisotopic (exact) mass is 369 g/mol. The highest BCUT2D eigenvalue weighted by atomic mass is 35.5. The fraction of sp³-hybridized carbons (Fsp3) is 0.438. The minimum atomic E-state index is -1.00. The van der Waals surface area contributed by atoms with Crippen molar-refractivity contribution in [3.05, 3.63) is 29.0 Å². The molecule has 0 radical (unpaired) electrons. The molecule has 2 saturated heterocycles. The van der Waals surface area contributed by atoms with Gasteiger partial charge in [0.2, 0.25) is 12.3 Å². The molecule has 3 aliphatic rings. The van der Waals surface area contributed by atoms with Crippen LogP contribution in [-0.2, 0) is 14.4 Å². The molecule has 3 amide bonds. The quantitative estimate of drug-likeness (QED) is 0.648. The summed E-state index contributed by atoms with van der Waals surface area (Å²) in [5, 5.41) is 8.09. The molecule has 134 valence electrons. The number of hydrogen-bond donors (Lipinski definition) is 3. The third-order valence-corrected chi connectivity index (χ3v) is 5.03. The molecule has 7 nitrogen and oxygen atoms in total. The van der Waals surface area contributed by atoms with E-state index in [1.807, 2.05) is 0 Å². The van der Waals surface area contributed by atoms with Gasteiger partial charge in [0.15, 0.2) is 6.61 Å². The lowest BCUT2D eigenvalue weighted by Gasteiger charge is -2.52. The van der Waals surface area contributed by atoms with Crippen LogP contribution in [0.5, 0.6) is 5.75 Å². The van der Waals surface area contributed by atoms with Gasteiger partial charge in [-0.15, -0.1) is 0 Å². The average molecular weight is 370 g/mol. The fourth-order valence-corrected chi connectivity index (χ4v) is 3.40. The molecule has 25 heavy (non-hydrogen) atoms. The van der Waals surface area contributed by atoms with E-state index in [4.69, 9.17) is 16.3 Å². The van der Waals surface area contributed by atoms with Crippen molar-refractivity contribution in [3.8, 4) is 5.75 Å². The summed E-state index contributed by atoms with van der Waals surface area (Å²) >= 11 is 5.58. The van der Waals surface area contributed by atoms with Gasteiger partial charge < -0.3 is 20.7 Å². The zero-order chi connectivity index (χ0) is 18.1. The Labute approximate surface area is 148 Å². The van der Waals surface area contributed by atoms with Gasteiger partial charge in [-0.3, -0.25) is 14.4 Å². The van der Waals surface area contributed by atoms with E-state index in [9.17, 15) is 18.8 Å². The van der Waals surface area contributed by atoms with Crippen molar-refractivity contribution in [3.63, 3.8) is 0 Å². The first-order valence-corrected chi connectivity index (χ1v) is 8.19. The average Bonchev–Trinajstić information content (AvgIpc) is 2.58. The zero-order valence-corrected chi connectivity index (χ0v) is 14.0. The van der Waals surface area contributed by atoms with E-state index in [-0.39, 0.29) is 23.3 Å². The first kappa shape index (κ1) is 17.5. The Hall–Kier alpha value is -2.35. The third-order valence-electron chi connectivity index (χ3n) is 4.72. The molecule has 0 unspecified atom stereocenters. The Morgan fingerprint density at radius 1 is 1.36 bits per heavy atom. The second-order valence-electron chi connectivity index (χ2n) is 6.29. The van der Waals surface area contributed by atoms with Crippen LogP contribution in [-0.4, -0.2) is 36.0 Å². The molecule has 1 aromatic carbocycles. The zero-order valence-electron chi connectivity index (χ0n) is 13.2. The number of benzene rings is 1. The molecule has 9 heteroatoms. The van der Waals surface area contributed by atoms with Gasteiger partial charge in [0, 0.05) is 6.07 Å². The molecule has 4 rings (SSSR count). The van der Waals surface area contributed by atoms with Crippen LogP contribution in [0.3, 0.4) is 0 Å². The first-order chi connectivity index (χ1) is 11.9. The van der Waals surface area contributed by atoms with Crippen LogP contribution < -0.4 is 20.7 Å². The lowest BCUT2D eigenvalue weighted by molar-refractivity contribution is -0.145. The summed E-state index contributed by atoms with van der Waals surface area (Å²) in [5.41, 5.74) is -1.72. The molecule has 1 saturated carbocycles. The van der Waals surface area contributed by atoms with E-state index in [2.05, 4.69) is 16.0 Å². The highest BCUT2D eigenvalue weighted by molar-refractivity contribution is 6.30. The molecule has 0 aromatic heterocycles. The largest absolute Gasteiger partial charge is 0.484 e. The van der Waals surface area contributed by atoms with Crippen molar-refractivity contribution in [1.82, 2.24) is 16.0 Å². The van der Waals surface area contributed by atoms with Crippen LogP contribution in [0.2, 0.25) is 5.02 Å². The van der Waals surface area contributed by atoms with Crippen LogP contribution in [0.1, 0.15) is 25.7 Å². The van der Waals surface area contributed by atoms with Crippen LogP contribution in [0, 0.1) is 5.82 Å². The molecular weight excluding hydrogens is 353 g/mol. The Morgan fingerprint density at radius 2 is 2.08 bits per heavy atom. The Balaban J connectivity index is 1.59. The molecule has 0 spiro atoms. The number of hydrogen-bond acceptors (Lipinski definition) is 4. The third kappa shape index (κ3) is 3.39. The minimum Gasteiger partial charge on any atom is -0.484 e. The van der Waals surface area contributed by atoms with Crippen molar-refractivity contribution >= 4 is 29.8 Å². The highest BCUT2D eigenvalue weighted by Gasteiger charge is 2.54. The number of fused-ring (bicyclic) bond motifs is 3.